The van der Waals surface area contributed by atoms with Crippen molar-refractivity contribution in [3.63, 3.8) is 0 Å². The molecule has 0 aliphatic carbocycles. The molecule has 0 unspecified atom stereocenters. The fourth-order valence-corrected chi connectivity index (χ4v) is 4.63. The van der Waals surface area contributed by atoms with E-state index in [1.807, 2.05) is 0 Å². The van der Waals surface area contributed by atoms with Crippen LogP contribution in [0.2, 0.25) is 0 Å². The summed E-state index contributed by atoms with van der Waals surface area (Å²) in [6, 6.07) is 8.39. The van der Waals surface area contributed by atoms with E-state index in [1.54, 1.807) is 35.2 Å². The van der Waals surface area contributed by atoms with Gasteiger partial charge in [-0.15, -0.1) is 0 Å². The Morgan fingerprint density at radius 2 is 1.82 bits per heavy atom. The first-order valence-electron chi connectivity index (χ1n) is 9.65. The van der Waals surface area contributed by atoms with Gasteiger partial charge in [-0.2, -0.15) is 9.29 Å². The van der Waals surface area contributed by atoms with Gasteiger partial charge in [-0.25, -0.2) is 8.42 Å². The summed E-state index contributed by atoms with van der Waals surface area (Å²) in [6.45, 7) is 3.50. The number of aromatic nitrogens is 2. The number of aryl methyl sites for hydroxylation is 2. The van der Waals surface area contributed by atoms with Gasteiger partial charge in [0.15, 0.2) is 5.82 Å². The Kier molecular flexibility index (Phi) is 6.79. The van der Waals surface area contributed by atoms with Gasteiger partial charge in [-0.1, -0.05) is 30.3 Å². The molecule has 1 aromatic heterocycles. The van der Waals surface area contributed by atoms with E-state index in [4.69, 9.17) is 4.52 Å². The van der Waals surface area contributed by atoms with E-state index in [0.717, 1.165) is 12.8 Å². The van der Waals surface area contributed by atoms with Gasteiger partial charge in [0, 0.05) is 45.4 Å². The van der Waals surface area contributed by atoms with Crippen molar-refractivity contribution in [3.8, 4) is 0 Å². The van der Waals surface area contributed by atoms with Crippen molar-refractivity contribution in [1.82, 2.24) is 19.3 Å². The second kappa shape index (κ2) is 9.29. The highest BCUT2D eigenvalue weighted by atomic mass is 32.2. The van der Waals surface area contributed by atoms with E-state index in [1.165, 1.54) is 4.31 Å². The molecule has 1 amide bonds. The molecule has 1 aliphatic heterocycles. The van der Waals surface area contributed by atoms with Gasteiger partial charge in [0.25, 0.3) is 0 Å². The van der Waals surface area contributed by atoms with Crippen molar-refractivity contribution in [2.24, 2.45) is 0 Å². The fourth-order valence-electron chi connectivity index (χ4n) is 3.19. The number of piperazine rings is 1. The summed E-state index contributed by atoms with van der Waals surface area (Å²) >= 11 is 0. The molecule has 0 atom stereocenters. The lowest BCUT2D eigenvalue weighted by Crippen LogP contribution is -2.50. The molecule has 8 nitrogen and oxygen atoms in total. The highest BCUT2D eigenvalue weighted by Crippen LogP contribution is 2.17. The first kappa shape index (κ1) is 20.5. The van der Waals surface area contributed by atoms with Gasteiger partial charge in [0.2, 0.25) is 21.8 Å². The Balaban J connectivity index is 1.44. The Labute approximate surface area is 165 Å². The van der Waals surface area contributed by atoms with E-state index >= 15 is 0 Å². The largest absolute Gasteiger partial charge is 0.340 e. The average Bonchev–Trinajstić information content (AvgIpc) is 3.16. The predicted octanol–water partition coefficient (Wildman–Crippen LogP) is 1.88. The normalized spacial score (nSPS) is 15.7. The Morgan fingerprint density at radius 3 is 2.50 bits per heavy atom. The number of hydrogen-bond donors (Lipinski definition) is 0. The molecule has 1 aliphatic rings. The van der Waals surface area contributed by atoms with Gasteiger partial charge in [0.1, 0.15) is 0 Å². The van der Waals surface area contributed by atoms with Crippen molar-refractivity contribution >= 4 is 15.9 Å². The standard InChI is InChI=1S/C19H26N4O4S/c1-2-7-17-20-18(27-21-17)10-6-11-19(24)22-12-14-23(15-13-22)28(25,26)16-8-4-3-5-9-16/h3-5,8-9H,2,6-7,10-15H2,1H3. The summed E-state index contributed by atoms with van der Waals surface area (Å²) < 4.78 is 31.9. The van der Waals surface area contributed by atoms with Crippen molar-refractivity contribution in [1.29, 1.82) is 0 Å². The minimum Gasteiger partial charge on any atom is -0.340 e. The highest BCUT2D eigenvalue weighted by Gasteiger charge is 2.29. The van der Waals surface area contributed by atoms with Crippen LogP contribution in [-0.2, 0) is 27.7 Å². The molecule has 2 aromatic rings. The van der Waals surface area contributed by atoms with Crippen molar-refractivity contribution in [3.05, 3.63) is 42.0 Å². The second-order valence-electron chi connectivity index (χ2n) is 6.81. The van der Waals surface area contributed by atoms with Crippen LogP contribution in [0.1, 0.15) is 37.9 Å². The number of carbonyl (C=O) groups excluding carboxylic acids is 1. The number of carbonyl (C=O) groups is 1. The number of rotatable bonds is 8. The molecule has 0 N–H and O–H groups in total. The van der Waals surface area contributed by atoms with Crippen LogP contribution in [0.25, 0.3) is 0 Å². The predicted molar refractivity (Wildman–Crippen MR) is 103 cm³/mol. The van der Waals surface area contributed by atoms with Crippen molar-refractivity contribution < 1.29 is 17.7 Å². The topological polar surface area (TPSA) is 96.6 Å². The lowest BCUT2D eigenvalue weighted by Gasteiger charge is -2.34. The van der Waals surface area contributed by atoms with Gasteiger partial charge in [-0.05, 0) is 25.0 Å². The lowest BCUT2D eigenvalue weighted by atomic mass is 10.2. The Morgan fingerprint density at radius 1 is 1.11 bits per heavy atom. The molecule has 2 heterocycles. The molecular weight excluding hydrogens is 380 g/mol. The van der Waals surface area contributed by atoms with Gasteiger partial charge < -0.3 is 9.42 Å². The van der Waals surface area contributed by atoms with Crippen molar-refractivity contribution in [2.75, 3.05) is 26.2 Å². The molecule has 0 radical (unpaired) electrons. The van der Waals surface area contributed by atoms with Crippen LogP contribution in [0, 0.1) is 0 Å². The minimum absolute atomic E-state index is 0.0325. The number of nitrogens with zero attached hydrogens (tertiary/aromatic N) is 4. The van der Waals surface area contributed by atoms with Gasteiger partial charge in [0.05, 0.1) is 4.90 Å². The number of hydrogen-bond acceptors (Lipinski definition) is 6. The SMILES string of the molecule is CCCc1noc(CCCC(=O)N2CCN(S(=O)(=O)c3ccccc3)CC2)n1. The number of sulfonamides is 1. The number of amides is 1. The zero-order chi connectivity index (χ0) is 20.0. The maximum Gasteiger partial charge on any atom is 0.243 e. The highest BCUT2D eigenvalue weighted by molar-refractivity contribution is 7.89. The molecule has 1 aromatic carbocycles. The third-order valence-corrected chi connectivity index (χ3v) is 6.65. The van der Waals surface area contributed by atoms with Gasteiger partial charge >= 0.3 is 0 Å². The Hall–Kier alpha value is -2.26. The van der Waals surface area contributed by atoms with Crippen LogP contribution in [0.15, 0.2) is 39.8 Å². The van der Waals surface area contributed by atoms with Crippen LogP contribution >= 0.6 is 0 Å². The molecule has 1 fully saturated rings. The molecule has 28 heavy (non-hydrogen) atoms. The molecule has 9 heteroatoms. The van der Waals surface area contributed by atoms with E-state index in [2.05, 4.69) is 17.1 Å². The third kappa shape index (κ3) is 4.96. The van der Waals surface area contributed by atoms with Crippen molar-refractivity contribution in [2.45, 2.75) is 43.9 Å². The molecule has 1 saturated heterocycles. The zero-order valence-corrected chi connectivity index (χ0v) is 16.9. The first-order chi connectivity index (χ1) is 13.5. The van der Waals surface area contributed by atoms with Crippen LogP contribution < -0.4 is 0 Å². The molecule has 0 saturated carbocycles. The van der Waals surface area contributed by atoms with E-state index in [9.17, 15) is 13.2 Å². The molecule has 0 bridgehead atoms. The van der Waals surface area contributed by atoms with Crippen LogP contribution in [0.3, 0.4) is 0 Å². The van der Waals surface area contributed by atoms with E-state index in [-0.39, 0.29) is 10.8 Å². The summed E-state index contributed by atoms with van der Waals surface area (Å²) in [5.74, 6) is 1.31. The van der Waals surface area contributed by atoms with E-state index < -0.39 is 10.0 Å². The zero-order valence-electron chi connectivity index (χ0n) is 16.1. The van der Waals surface area contributed by atoms with Crippen LogP contribution in [0.5, 0.6) is 0 Å². The summed E-state index contributed by atoms with van der Waals surface area (Å²) in [5.41, 5.74) is 0. The summed E-state index contributed by atoms with van der Waals surface area (Å²) in [4.78, 5) is 18.7. The summed E-state index contributed by atoms with van der Waals surface area (Å²) in [7, 11) is -3.50. The van der Waals surface area contributed by atoms with E-state index in [0.29, 0.717) is 57.2 Å². The molecule has 3 rings (SSSR count). The monoisotopic (exact) mass is 406 g/mol. The molecule has 0 spiro atoms. The quantitative estimate of drug-likeness (QED) is 0.664. The third-order valence-electron chi connectivity index (χ3n) is 4.74. The molecule has 152 valence electrons. The lowest BCUT2D eigenvalue weighted by molar-refractivity contribution is -0.132. The summed E-state index contributed by atoms with van der Waals surface area (Å²) in [5, 5.41) is 3.91. The van der Waals surface area contributed by atoms with Gasteiger partial charge in [-0.3, -0.25) is 4.79 Å². The molecular formula is C19H26N4O4S. The Bertz CT molecular complexity index is 874. The minimum atomic E-state index is -3.50. The smallest absolute Gasteiger partial charge is 0.243 e. The van der Waals surface area contributed by atoms with Crippen LogP contribution in [-0.4, -0.2) is 59.8 Å². The fraction of sp³-hybridized carbons (Fsp3) is 0.526. The maximum absolute atomic E-state index is 12.6. The maximum atomic E-state index is 12.6. The average molecular weight is 407 g/mol. The number of benzene rings is 1. The van der Waals surface area contributed by atoms with Crippen LogP contribution in [0.4, 0.5) is 0 Å². The first-order valence-corrected chi connectivity index (χ1v) is 11.1. The second-order valence-corrected chi connectivity index (χ2v) is 8.74. The summed E-state index contributed by atoms with van der Waals surface area (Å²) in [6.07, 6.45) is 3.35.